The number of anilines is 1. The number of amides is 2. The van der Waals surface area contributed by atoms with Crippen molar-refractivity contribution in [3.63, 3.8) is 0 Å². The Kier molecular flexibility index (Phi) is 7.26. The van der Waals surface area contributed by atoms with E-state index in [9.17, 15) is 9.59 Å². The Bertz CT molecular complexity index is 994. The largest absolute Gasteiger partial charge is 0.376 e. The second-order valence-corrected chi connectivity index (χ2v) is 8.11. The first-order chi connectivity index (χ1) is 14.0. The van der Waals surface area contributed by atoms with E-state index in [-0.39, 0.29) is 12.5 Å². The van der Waals surface area contributed by atoms with Crippen molar-refractivity contribution in [1.29, 1.82) is 0 Å². The van der Waals surface area contributed by atoms with Crippen LogP contribution in [0.4, 0.5) is 5.69 Å². The summed E-state index contributed by atoms with van der Waals surface area (Å²) >= 11 is 4.78. The van der Waals surface area contributed by atoms with Gasteiger partial charge in [0, 0.05) is 21.3 Å². The van der Waals surface area contributed by atoms with Crippen molar-refractivity contribution in [2.24, 2.45) is 0 Å². The second kappa shape index (κ2) is 10.1. The summed E-state index contributed by atoms with van der Waals surface area (Å²) in [7, 11) is 0. The Morgan fingerprint density at radius 1 is 1.00 bits per heavy atom. The van der Waals surface area contributed by atoms with Gasteiger partial charge in [0.2, 0.25) is 0 Å². The topological polar surface area (TPSA) is 83.1 Å². The van der Waals surface area contributed by atoms with E-state index in [1.165, 1.54) is 11.8 Å². The maximum Gasteiger partial charge on any atom is 0.272 e. The molecule has 29 heavy (non-hydrogen) atoms. The predicted octanol–water partition coefficient (Wildman–Crippen LogP) is 4.18. The first-order valence-electron chi connectivity index (χ1n) is 8.79. The maximum atomic E-state index is 12.5. The summed E-state index contributed by atoms with van der Waals surface area (Å²) in [4.78, 5) is 29.8. The summed E-state index contributed by atoms with van der Waals surface area (Å²) in [6, 6.07) is 18.8. The molecule has 0 aliphatic carbocycles. The summed E-state index contributed by atoms with van der Waals surface area (Å²) in [5, 5.41) is 3.56. The number of rotatable bonds is 6. The van der Waals surface area contributed by atoms with Crippen molar-refractivity contribution in [3.05, 3.63) is 82.5 Å². The van der Waals surface area contributed by atoms with Crippen LogP contribution in [-0.4, -0.2) is 23.3 Å². The van der Waals surface area contributed by atoms with Crippen LogP contribution in [-0.2, 0) is 4.79 Å². The van der Waals surface area contributed by atoms with E-state index in [2.05, 4.69) is 37.1 Å². The molecule has 0 spiro atoms. The highest BCUT2D eigenvalue weighted by atomic mass is 79.9. The molecule has 2 aromatic carbocycles. The van der Waals surface area contributed by atoms with Crippen LogP contribution in [0, 0.1) is 6.92 Å². The van der Waals surface area contributed by atoms with E-state index in [1.54, 1.807) is 18.3 Å². The lowest BCUT2D eigenvalue weighted by atomic mass is 10.2. The molecule has 0 aliphatic heterocycles. The van der Waals surface area contributed by atoms with Crippen LogP contribution in [0.1, 0.15) is 15.9 Å². The highest BCUT2D eigenvalue weighted by Crippen LogP contribution is 2.29. The van der Waals surface area contributed by atoms with E-state index in [1.807, 2.05) is 55.5 Å². The van der Waals surface area contributed by atoms with Crippen LogP contribution in [0.25, 0.3) is 0 Å². The predicted molar refractivity (Wildman–Crippen MR) is 118 cm³/mol. The number of aryl methyl sites for hydroxylation is 1. The lowest BCUT2D eigenvalue weighted by Gasteiger charge is -2.11. The van der Waals surface area contributed by atoms with Gasteiger partial charge in [-0.2, -0.15) is 0 Å². The smallest absolute Gasteiger partial charge is 0.272 e. The van der Waals surface area contributed by atoms with Gasteiger partial charge in [0.15, 0.2) is 0 Å². The molecule has 0 radical (unpaired) electrons. The molecule has 3 aromatic rings. The third-order valence-corrected chi connectivity index (χ3v) is 5.42. The molecular weight excluding hydrogens is 452 g/mol. The highest BCUT2D eigenvalue weighted by molar-refractivity contribution is 9.10. The molecule has 0 bridgehead atoms. The molecule has 3 rings (SSSR count). The van der Waals surface area contributed by atoms with Gasteiger partial charge in [-0.05, 0) is 55.5 Å². The van der Waals surface area contributed by atoms with Crippen LogP contribution in [0.15, 0.2) is 81.3 Å². The molecule has 0 saturated heterocycles. The number of carbonyl (C=O) groups is 2. The van der Waals surface area contributed by atoms with Gasteiger partial charge in [0.05, 0.1) is 12.1 Å². The van der Waals surface area contributed by atoms with Crippen LogP contribution < -0.4 is 16.2 Å². The quantitative estimate of drug-likeness (QED) is 0.470. The third kappa shape index (κ3) is 6.33. The van der Waals surface area contributed by atoms with Crippen LogP contribution in [0.2, 0.25) is 0 Å². The number of nitrogens with one attached hydrogen (secondary N) is 3. The van der Waals surface area contributed by atoms with Gasteiger partial charge in [0.25, 0.3) is 11.8 Å². The minimum atomic E-state index is -0.429. The van der Waals surface area contributed by atoms with E-state index in [0.717, 1.165) is 20.6 Å². The molecule has 148 valence electrons. The minimum absolute atomic E-state index is 0.0386. The fourth-order valence-corrected chi connectivity index (χ4v) is 3.50. The zero-order valence-corrected chi connectivity index (χ0v) is 18.0. The second-order valence-electron chi connectivity index (χ2n) is 6.13. The first-order valence-corrected chi connectivity index (χ1v) is 10.4. The molecule has 2 amide bonds. The number of pyridine rings is 1. The Morgan fingerprint density at radius 2 is 1.72 bits per heavy atom. The summed E-state index contributed by atoms with van der Waals surface area (Å²) < 4.78 is 0.975. The summed E-state index contributed by atoms with van der Waals surface area (Å²) in [6.45, 7) is 2.03. The average molecular weight is 471 g/mol. The zero-order chi connectivity index (χ0) is 20.6. The Morgan fingerprint density at radius 3 is 2.45 bits per heavy atom. The molecule has 0 fully saturated rings. The molecular formula is C21H19BrN4O2S. The highest BCUT2D eigenvalue weighted by Gasteiger charge is 2.14. The number of hydrogen-bond donors (Lipinski definition) is 3. The van der Waals surface area contributed by atoms with Gasteiger partial charge >= 0.3 is 0 Å². The average Bonchev–Trinajstić information content (AvgIpc) is 2.73. The standard InChI is InChI=1S/C21H19BrN4O2S/c1-14-4-8-16(9-5-14)24-13-19(27)25-26-20(28)18-3-2-12-23-21(18)29-17-10-6-15(22)7-11-17/h2-12,24H,13H2,1H3,(H,25,27)(H,26,28). The molecule has 1 aromatic heterocycles. The lowest BCUT2D eigenvalue weighted by Crippen LogP contribution is -2.44. The fraction of sp³-hybridized carbons (Fsp3) is 0.0952. The molecule has 0 unspecified atom stereocenters. The Balaban J connectivity index is 1.55. The molecule has 0 aliphatic rings. The first kappa shape index (κ1) is 20.9. The number of benzene rings is 2. The molecule has 8 heteroatoms. The normalized spacial score (nSPS) is 10.3. The number of aromatic nitrogens is 1. The fourth-order valence-electron chi connectivity index (χ4n) is 2.35. The van der Waals surface area contributed by atoms with Gasteiger partial charge in [0.1, 0.15) is 5.03 Å². The molecule has 1 heterocycles. The van der Waals surface area contributed by atoms with Crippen molar-refractivity contribution < 1.29 is 9.59 Å². The summed E-state index contributed by atoms with van der Waals surface area (Å²) in [6.07, 6.45) is 1.63. The minimum Gasteiger partial charge on any atom is -0.376 e. The van der Waals surface area contributed by atoms with E-state index < -0.39 is 5.91 Å². The van der Waals surface area contributed by atoms with Gasteiger partial charge in [-0.15, -0.1) is 0 Å². The molecule has 3 N–H and O–H groups in total. The molecule has 0 saturated carbocycles. The zero-order valence-electron chi connectivity index (χ0n) is 15.6. The van der Waals surface area contributed by atoms with Crippen LogP contribution >= 0.6 is 27.7 Å². The SMILES string of the molecule is Cc1ccc(NCC(=O)NNC(=O)c2cccnc2Sc2ccc(Br)cc2)cc1. The third-order valence-electron chi connectivity index (χ3n) is 3.86. The molecule has 0 atom stereocenters. The van der Waals surface area contributed by atoms with E-state index >= 15 is 0 Å². The number of nitrogens with zero attached hydrogens (tertiary/aromatic N) is 1. The van der Waals surface area contributed by atoms with Gasteiger partial charge in [-0.1, -0.05) is 45.4 Å². The lowest BCUT2D eigenvalue weighted by molar-refractivity contribution is -0.120. The van der Waals surface area contributed by atoms with Crippen LogP contribution in [0.3, 0.4) is 0 Å². The van der Waals surface area contributed by atoms with Crippen molar-refractivity contribution in [1.82, 2.24) is 15.8 Å². The summed E-state index contributed by atoms with van der Waals surface area (Å²) in [5.41, 5.74) is 7.21. The van der Waals surface area contributed by atoms with Gasteiger partial charge in [-0.25, -0.2) is 4.98 Å². The molecule has 6 nitrogen and oxygen atoms in total. The monoisotopic (exact) mass is 470 g/mol. The van der Waals surface area contributed by atoms with Crippen molar-refractivity contribution >= 4 is 45.2 Å². The van der Waals surface area contributed by atoms with Crippen LogP contribution in [0.5, 0.6) is 0 Å². The number of carbonyl (C=O) groups excluding carboxylic acids is 2. The van der Waals surface area contributed by atoms with Gasteiger partial charge in [-0.3, -0.25) is 20.4 Å². The number of halogens is 1. The Hall–Kier alpha value is -2.84. The Labute approximate surface area is 181 Å². The van der Waals surface area contributed by atoms with Crippen molar-refractivity contribution in [2.75, 3.05) is 11.9 Å². The maximum absolute atomic E-state index is 12.5. The van der Waals surface area contributed by atoms with Gasteiger partial charge < -0.3 is 5.32 Å². The van der Waals surface area contributed by atoms with E-state index in [4.69, 9.17) is 0 Å². The number of hydrogen-bond acceptors (Lipinski definition) is 5. The number of hydrazine groups is 1. The van der Waals surface area contributed by atoms with Crippen molar-refractivity contribution in [3.8, 4) is 0 Å². The summed E-state index contributed by atoms with van der Waals surface area (Å²) in [5.74, 6) is -0.786. The van der Waals surface area contributed by atoms with Crippen molar-refractivity contribution in [2.45, 2.75) is 16.8 Å². The van der Waals surface area contributed by atoms with E-state index in [0.29, 0.717) is 10.6 Å².